The van der Waals surface area contributed by atoms with Crippen LogP contribution in [0.1, 0.15) is 70.1 Å². The van der Waals surface area contributed by atoms with Gasteiger partial charge in [-0.15, -0.1) is 5.10 Å². The zero-order chi connectivity index (χ0) is 27.4. The monoisotopic (exact) mass is 587 g/mol. The van der Waals surface area contributed by atoms with E-state index in [9.17, 15) is 9.59 Å². The number of hydrogen-bond donors (Lipinski definition) is 2. The van der Waals surface area contributed by atoms with Crippen LogP contribution in [0.2, 0.25) is 5.15 Å². The van der Waals surface area contributed by atoms with E-state index in [4.69, 9.17) is 16.3 Å². The minimum Gasteiger partial charge on any atom is -0.434 e. The summed E-state index contributed by atoms with van der Waals surface area (Å²) in [5.41, 5.74) is 2.46. The predicted octanol–water partition coefficient (Wildman–Crippen LogP) is 7.25. The van der Waals surface area contributed by atoms with Crippen LogP contribution in [0.5, 0.6) is 11.6 Å². The normalized spacial score (nSPS) is 14.3. The number of aromatic amines is 1. The molecule has 0 bridgehead atoms. The number of benzene rings is 2. The summed E-state index contributed by atoms with van der Waals surface area (Å²) < 4.78 is 5.71. The zero-order valence-corrected chi connectivity index (χ0v) is 24.5. The molecule has 3 aromatic rings. The van der Waals surface area contributed by atoms with Crippen molar-refractivity contribution in [3.05, 3.63) is 86.7 Å². The Bertz CT molecular complexity index is 1280. The highest BCUT2D eigenvalue weighted by atomic mass is 79.9. The molecule has 8 heteroatoms. The molecule has 2 aromatic carbocycles. The summed E-state index contributed by atoms with van der Waals surface area (Å²) in [4.78, 5) is 23.8. The summed E-state index contributed by atoms with van der Waals surface area (Å²) in [7, 11) is 0. The fraction of sp³-hybridized carbons (Fsp3) is 0.414. The molecule has 6 nitrogen and oxygen atoms in total. The lowest BCUT2D eigenvalue weighted by Gasteiger charge is -2.31. The number of aryl methyl sites for hydroxylation is 1. The van der Waals surface area contributed by atoms with Crippen LogP contribution in [-0.2, 0) is 10.3 Å². The van der Waals surface area contributed by atoms with Crippen LogP contribution in [0, 0.1) is 12.3 Å². The van der Waals surface area contributed by atoms with Crippen molar-refractivity contribution in [2.75, 3.05) is 0 Å². The lowest BCUT2D eigenvalue weighted by Crippen LogP contribution is -2.47. The van der Waals surface area contributed by atoms with Gasteiger partial charge in [-0.05, 0) is 61.6 Å². The fourth-order valence-electron chi connectivity index (χ4n) is 3.76. The Morgan fingerprint density at radius 1 is 1.11 bits per heavy atom. The van der Waals surface area contributed by atoms with Crippen LogP contribution in [0.25, 0.3) is 0 Å². The van der Waals surface area contributed by atoms with E-state index in [0.717, 1.165) is 22.4 Å². The number of ether oxygens (including phenoxy) is 1. The lowest BCUT2D eigenvalue weighted by molar-refractivity contribution is -0.123. The van der Waals surface area contributed by atoms with E-state index in [0.29, 0.717) is 5.92 Å². The van der Waals surface area contributed by atoms with Crippen LogP contribution >= 0.6 is 27.5 Å². The van der Waals surface area contributed by atoms with Gasteiger partial charge in [0.2, 0.25) is 11.3 Å². The summed E-state index contributed by atoms with van der Waals surface area (Å²) in [6.45, 7) is 12.1. The molecule has 2 N–H and O–H groups in total. The van der Waals surface area contributed by atoms with E-state index >= 15 is 0 Å². The Morgan fingerprint density at radius 3 is 2.32 bits per heavy atom. The number of para-hydroxylation sites is 1. The van der Waals surface area contributed by atoms with Crippen molar-refractivity contribution in [3.63, 3.8) is 0 Å². The third-order valence-corrected chi connectivity index (χ3v) is 8.10. The van der Waals surface area contributed by atoms with Crippen LogP contribution in [0.4, 0.5) is 0 Å². The van der Waals surface area contributed by atoms with Crippen LogP contribution in [0.15, 0.2) is 59.4 Å². The zero-order valence-electron chi connectivity index (χ0n) is 22.2. The average Bonchev–Trinajstić information content (AvgIpc) is 3.67. The van der Waals surface area contributed by atoms with Crippen molar-refractivity contribution in [3.8, 4) is 11.6 Å². The summed E-state index contributed by atoms with van der Waals surface area (Å²) in [5.74, 6) is 1.34. The van der Waals surface area contributed by atoms with E-state index in [1.54, 1.807) is 0 Å². The molecule has 1 unspecified atom stereocenters. The van der Waals surface area contributed by atoms with Gasteiger partial charge in [0.15, 0.2) is 0 Å². The molecule has 37 heavy (non-hydrogen) atoms. The molecule has 1 heterocycles. The molecular weight excluding hydrogens is 554 g/mol. The molecule has 0 spiro atoms. The summed E-state index contributed by atoms with van der Waals surface area (Å²) in [6, 6.07) is 17.3. The first-order chi connectivity index (χ1) is 17.3. The van der Waals surface area contributed by atoms with Gasteiger partial charge in [-0.2, -0.15) is 0 Å². The quantitative estimate of drug-likeness (QED) is 0.297. The van der Waals surface area contributed by atoms with E-state index in [1.807, 2.05) is 90.1 Å². The molecule has 1 aromatic heterocycles. The molecule has 198 valence electrons. The SMILES string of the molecule is CC(C)(NC(=O)C(Br)C(C)(C)C)c1ccccc1.Cc1cccc(C2CC2)c1Oc1n[nH]c(Cl)cc1=O. The minimum absolute atomic E-state index is 0.0244. The second-order valence-electron chi connectivity index (χ2n) is 11.0. The number of halogens is 2. The van der Waals surface area contributed by atoms with E-state index in [2.05, 4.69) is 31.4 Å². The number of carbonyl (C=O) groups is 1. The number of amides is 1. The topological polar surface area (TPSA) is 84.1 Å². The van der Waals surface area contributed by atoms with Crippen molar-refractivity contribution >= 4 is 33.4 Å². The maximum atomic E-state index is 12.2. The van der Waals surface area contributed by atoms with Crippen molar-refractivity contribution in [1.82, 2.24) is 15.5 Å². The van der Waals surface area contributed by atoms with E-state index < -0.39 is 0 Å². The third kappa shape index (κ3) is 7.92. The Labute approximate surface area is 232 Å². The highest BCUT2D eigenvalue weighted by Gasteiger charge is 2.32. The molecule has 1 saturated carbocycles. The largest absolute Gasteiger partial charge is 0.434 e. The molecule has 0 aliphatic heterocycles. The van der Waals surface area contributed by atoms with Gasteiger partial charge in [-0.3, -0.25) is 14.7 Å². The van der Waals surface area contributed by atoms with Crippen molar-refractivity contribution in [2.24, 2.45) is 5.41 Å². The lowest BCUT2D eigenvalue weighted by atomic mass is 9.89. The Morgan fingerprint density at radius 2 is 1.76 bits per heavy atom. The Hall–Kier alpha value is -2.64. The first-order valence-electron chi connectivity index (χ1n) is 12.3. The molecule has 1 amide bonds. The average molecular weight is 589 g/mol. The molecule has 1 atom stereocenters. The second-order valence-corrected chi connectivity index (χ2v) is 12.3. The molecule has 0 radical (unpaired) electrons. The van der Waals surface area contributed by atoms with E-state index in [-0.39, 0.29) is 38.2 Å². The van der Waals surface area contributed by atoms with Crippen LogP contribution < -0.4 is 15.5 Å². The van der Waals surface area contributed by atoms with E-state index in [1.165, 1.54) is 18.9 Å². The number of hydrogen-bond acceptors (Lipinski definition) is 4. The van der Waals surface area contributed by atoms with Crippen molar-refractivity contribution in [1.29, 1.82) is 0 Å². The maximum Gasteiger partial charge on any atom is 0.285 e. The van der Waals surface area contributed by atoms with Gasteiger partial charge in [0, 0.05) is 6.07 Å². The summed E-state index contributed by atoms with van der Waals surface area (Å²) in [5, 5.41) is 9.67. The smallest absolute Gasteiger partial charge is 0.285 e. The van der Waals surface area contributed by atoms with Crippen molar-refractivity contribution in [2.45, 2.75) is 70.7 Å². The van der Waals surface area contributed by atoms with Gasteiger partial charge in [0.25, 0.3) is 5.88 Å². The number of nitrogens with one attached hydrogen (secondary N) is 2. The fourth-order valence-corrected chi connectivity index (χ4v) is 4.02. The number of rotatable bonds is 6. The highest BCUT2D eigenvalue weighted by molar-refractivity contribution is 9.10. The number of nitrogens with zero attached hydrogens (tertiary/aromatic N) is 1. The predicted molar refractivity (Wildman–Crippen MR) is 153 cm³/mol. The number of aromatic nitrogens is 2. The maximum absolute atomic E-state index is 12.2. The van der Waals surface area contributed by atoms with Crippen LogP contribution in [-0.4, -0.2) is 20.9 Å². The van der Waals surface area contributed by atoms with Gasteiger partial charge >= 0.3 is 0 Å². The van der Waals surface area contributed by atoms with Gasteiger partial charge in [-0.25, -0.2) is 0 Å². The van der Waals surface area contributed by atoms with Crippen LogP contribution in [0.3, 0.4) is 0 Å². The van der Waals surface area contributed by atoms with Gasteiger partial charge < -0.3 is 10.1 Å². The van der Waals surface area contributed by atoms with Gasteiger partial charge in [-0.1, -0.05) is 96.8 Å². The highest BCUT2D eigenvalue weighted by Crippen LogP contribution is 2.45. The molecule has 0 saturated heterocycles. The third-order valence-electron chi connectivity index (χ3n) is 6.11. The molecular formula is C29H35BrClN3O3. The molecule has 1 aliphatic rings. The first-order valence-corrected chi connectivity index (χ1v) is 13.6. The standard InChI is InChI=1S/C15H22BrNO.C14H13ClN2O2/c1-14(2,3)12(16)13(18)17-15(4,5)11-9-7-6-8-10-11;1-8-3-2-4-10(9-5-6-9)13(8)19-14-11(18)7-12(15)16-17-14/h6-10,12H,1-5H3,(H,17,18);2-4,7,9H,5-6H2,1H3,(H,16,18). The molecule has 1 aliphatic carbocycles. The second kappa shape index (κ2) is 11.8. The number of carbonyl (C=O) groups excluding carboxylic acids is 1. The summed E-state index contributed by atoms with van der Waals surface area (Å²) >= 11 is 9.15. The minimum atomic E-state index is -0.365. The Kier molecular flexibility index (Phi) is 9.24. The number of alkyl halides is 1. The van der Waals surface area contributed by atoms with Gasteiger partial charge in [0.1, 0.15) is 10.9 Å². The number of H-pyrrole nitrogens is 1. The summed E-state index contributed by atoms with van der Waals surface area (Å²) in [6.07, 6.45) is 2.34. The molecule has 4 rings (SSSR count). The van der Waals surface area contributed by atoms with Gasteiger partial charge in [0.05, 0.1) is 10.4 Å². The first kappa shape index (κ1) is 28.9. The van der Waals surface area contributed by atoms with Crippen molar-refractivity contribution < 1.29 is 9.53 Å². The Balaban J connectivity index is 0.000000206. The molecule has 1 fully saturated rings.